The van der Waals surface area contributed by atoms with Crippen molar-refractivity contribution in [1.29, 1.82) is 0 Å². The maximum atomic E-state index is 13.3. The van der Waals surface area contributed by atoms with Crippen LogP contribution in [-0.2, 0) is 6.54 Å². The van der Waals surface area contributed by atoms with Crippen molar-refractivity contribution >= 4 is 27.3 Å². The van der Waals surface area contributed by atoms with Gasteiger partial charge in [0.15, 0.2) is 0 Å². The second-order valence-electron chi connectivity index (χ2n) is 5.23. The summed E-state index contributed by atoms with van der Waals surface area (Å²) in [5.74, 6) is -0.198. The van der Waals surface area contributed by atoms with Crippen LogP contribution in [0.1, 0.15) is 29.8 Å². The highest BCUT2D eigenvalue weighted by molar-refractivity contribution is 9.10. The minimum absolute atomic E-state index is 0.0501. The van der Waals surface area contributed by atoms with Crippen LogP contribution in [-0.4, -0.2) is 18.0 Å². The Labute approximate surface area is 137 Å². The fraction of sp³-hybridized carbons (Fsp3) is 0.375. The summed E-state index contributed by atoms with van der Waals surface area (Å²) in [4.78, 5) is 3.43. The van der Waals surface area contributed by atoms with Crippen molar-refractivity contribution < 1.29 is 4.39 Å². The smallest absolute Gasteiger partial charge is 0.123 e. The minimum atomic E-state index is -0.198. The lowest BCUT2D eigenvalue weighted by Crippen LogP contribution is -2.38. The standard InChI is InChI=1S/C16H20BrFN2S/c1-3-14(19)16(15-8-12(17)10-21-15)20(2)9-11-5-4-6-13(18)7-11/h4-8,10,14,16H,3,9,19H2,1-2H3. The van der Waals surface area contributed by atoms with Crippen LogP contribution in [0.5, 0.6) is 0 Å². The molecule has 1 aromatic heterocycles. The topological polar surface area (TPSA) is 29.3 Å². The lowest BCUT2D eigenvalue weighted by Gasteiger charge is -2.31. The van der Waals surface area contributed by atoms with Gasteiger partial charge in [-0.15, -0.1) is 11.3 Å². The fourth-order valence-corrected chi connectivity index (χ4v) is 4.17. The van der Waals surface area contributed by atoms with Gasteiger partial charge in [-0.25, -0.2) is 4.39 Å². The number of likely N-dealkylation sites (N-methyl/N-ethyl adjacent to an activating group) is 1. The fourth-order valence-electron chi connectivity index (χ4n) is 2.48. The first-order chi connectivity index (χ1) is 10.0. The molecular formula is C16H20BrFN2S. The first kappa shape index (κ1) is 16.6. The number of hydrogen-bond donors (Lipinski definition) is 1. The average molecular weight is 371 g/mol. The molecule has 1 aromatic carbocycles. The molecule has 2 rings (SSSR count). The van der Waals surface area contributed by atoms with Crippen LogP contribution in [0.2, 0.25) is 0 Å². The number of halogens is 2. The van der Waals surface area contributed by atoms with Gasteiger partial charge in [-0.2, -0.15) is 0 Å². The van der Waals surface area contributed by atoms with Gasteiger partial charge in [0.2, 0.25) is 0 Å². The van der Waals surface area contributed by atoms with E-state index in [0.717, 1.165) is 16.5 Å². The van der Waals surface area contributed by atoms with Gasteiger partial charge in [0.25, 0.3) is 0 Å². The number of benzene rings is 1. The Kier molecular flexibility index (Phi) is 5.93. The third kappa shape index (κ3) is 4.36. The predicted octanol–water partition coefficient (Wildman–Crippen LogP) is 4.56. The summed E-state index contributed by atoms with van der Waals surface area (Å²) >= 11 is 5.20. The lowest BCUT2D eigenvalue weighted by atomic mass is 10.0. The van der Waals surface area contributed by atoms with E-state index in [9.17, 15) is 4.39 Å². The Morgan fingerprint density at radius 2 is 2.14 bits per heavy atom. The van der Waals surface area contributed by atoms with Gasteiger partial charge < -0.3 is 5.73 Å². The summed E-state index contributed by atoms with van der Waals surface area (Å²) in [7, 11) is 2.04. The molecule has 2 unspecified atom stereocenters. The third-order valence-electron chi connectivity index (χ3n) is 3.55. The second-order valence-corrected chi connectivity index (χ2v) is 7.09. The number of nitrogens with two attached hydrogens (primary N) is 1. The van der Waals surface area contributed by atoms with Crippen molar-refractivity contribution in [1.82, 2.24) is 4.90 Å². The predicted molar refractivity (Wildman–Crippen MR) is 90.9 cm³/mol. The van der Waals surface area contributed by atoms with Crippen LogP contribution in [0.15, 0.2) is 40.2 Å². The molecule has 21 heavy (non-hydrogen) atoms. The molecule has 0 saturated carbocycles. The Balaban J connectivity index is 2.20. The molecule has 0 aliphatic rings. The van der Waals surface area contributed by atoms with Gasteiger partial charge in [-0.1, -0.05) is 19.1 Å². The molecule has 5 heteroatoms. The second kappa shape index (κ2) is 7.49. The Hall–Kier alpha value is -0.750. The number of hydrogen-bond acceptors (Lipinski definition) is 3. The molecule has 0 spiro atoms. The highest BCUT2D eigenvalue weighted by Gasteiger charge is 2.24. The van der Waals surface area contributed by atoms with Gasteiger partial charge in [0, 0.05) is 27.3 Å². The van der Waals surface area contributed by atoms with Crippen LogP contribution in [0.3, 0.4) is 0 Å². The highest BCUT2D eigenvalue weighted by Crippen LogP contribution is 2.32. The molecule has 0 bridgehead atoms. The molecule has 0 radical (unpaired) electrons. The number of thiophene rings is 1. The van der Waals surface area contributed by atoms with Crippen LogP contribution in [0.25, 0.3) is 0 Å². The Morgan fingerprint density at radius 1 is 1.38 bits per heavy atom. The maximum absolute atomic E-state index is 13.3. The summed E-state index contributed by atoms with van der Waals surface area (Å²) < 4.78 is 14.4. The van der Waals surface area contributed by atoms with Crippen molar-refractivity contribution in [3.05, 3.63) is 56.4 Å². The summed E-state index contributed by atoms with van der Waals surface area (Å²) in [5.41, 5.74) is 7.28. The van der Waals surface area contributed by atoms with Gasteiger partial charge in [0.1, 0.15) is 5.82 Å². The Morgan fingerprint density at radius 3 is 2.71 bits per heavy atom. The van der Waals surface area contributed by atoms with Crippen molar-refractivity contribution in [2.24, 2.45) is 5.73 Å². The average Bonchev–Trinajstić information content (AvgIpc) is 2.85. The maximum Gasteiger partial charge on any atom is 0.123 e. The quantitative estimate of drug-likeness (QED) is 0.807. The molecule has 114 valence electrons. The molecule has 0 aliphatic carbocycles. The summed E-state index contributed by atoms with van der Waals surface area (Å²) in [6.07, 6.45) is 0.897. The van der Waals surface area contributed by atoms with Gasteiger partial charge >= 0.3 is 0 Å². The molecule has 2 nitrogen and oxygen atoms in total. The molecule has 0 fully saturated rings. The third-order valence-corrected chi connectivity index (χ3v) is 5.32. The van der Waals surface area contributed by atoms with Crippen molar-refractivity contribution in [3.8, 4) is 0 Å². The molecule has 0 aliphatic heterocycles. The van der Waals surface area contributed by atoms with E-state index in [4.69, 9.17) is 5.73 Å². The van der Waals surface area contributed by atoms with E-state index in [1.165, 1.54) is 10.9 Å². The van der Waals surface area contributed by atoms with E-state index in [1.807, 2.05) is 13.1 Å². The molecule has 0 amide bonds. The zero-order chi connectivity index (χ0) is 15.4. The van der Waals surface area contributed by atoms with E-state index in [-0.39, 0.29) is 17.9 Å². The summed E-state index contributed by atoms with van der Waals surface area (Å²) in [5, 5.41) is 2.07. The normalized spacial score (nSPS) is 14.4. The minimum Gasteiger partial charge on any atom is -0.326 e. The number of rotatable bonds is 6. The lowest BCUT2D eigenvalue weighted by molar-refractivity contribution is 0.205. The Bertz CT molecular complexity index is 587. The van der Waals surface area contributed by atoms with Crippen LogP contribution >= 0.6 is 27.3 Å². The largest absolute Gasteiger partial charge is 0.326 e. The van der Waals surface area contributed by atoms with Crippen molar-refractivity contribution in [3.63, 3.8) is 0 Å². The SMILES string of the molecule is CCC(N)C(c1cc(Br)cs1)N(C)Cc1cccc(F)c1. The van der Waals surface area contributed by atoms with Crippen LogP contribution in [0, 0.1) is 5.82 Å². The van der Waals surface area contributed by atoms with Crippen molar-refractivity contribution in [2.75, 3.05) is 7.05 Å². The molecule has 2 N–H and O–H groups in total. The van der Waals surface area contributed by atoms with Crippen molar-refractivity contribution in [2.45, 2.75) is 32.0 Å². The van der Waals surface area contributed by atoms with E-state index >= 15 is 0 Å². The zero-order valence-electron chi connectivity index (χ0n) is 12.2. The van der Waals surface area contributed by atoms with Gasteiger partial charge in [0.05, 0.1) is 6.04 Å². The van der Waals surface area contributed by atoms with E-state index in [1.54, 1.807) is 23.5 Å². The molecule has 2 atom stereocenters. The molecular weight excluding hydrogens is 351 g/mol. The highest BCUT2D eigenvalue weighted by atomic mass is 79.9. The van der Waals surface area contributed by atoms with Gasteiger partial charge in [-0.05, 0) is 53.2 Å². The van der Waals surface area contributed by atoms with E-state index in [0.29, 0.717) is 6.54 Å². The first-order valence-electron chi connectivity index (χ1n) is 6.95. The summed E-state index contributed by atoms with van der Waals surface area (Å²) in [6, 6.07) is 9.04. The number of nitrogens with zero attached hydrogens (tertiary/aromatic N) is 1. The van der Waals surface area contributed by atoms with Gasteiger partial charge in [-0.3, -0.25) is 4.90 Å². The zero-order valence-corrected chi connectivity index (χ0v) is 14.6. The van der Waals surface area contributed by atoms with Crippen LogP contribution in [0.4, 0.5) is 4.39 Å². The molecule has 1 heterocycles. The van der Waals surface area contributed by atoms with E-state index < -0.39 is 0 Å². The van der Waals surface area contributed by atoms with E-state index in [2.05, 4.69) is 39.2 Å². The monoisotopic (exact) mass is 370 g/mol. The first-order valence-corrected chi connectivity index (χ1v) is 8.62. The van der Waals surface area contributed by atoms with Crippen LogP contribution < -0.4 is 5.73 Å². The molecule has 2 aromatic rings. The summed E-state index contributed by atoms with van der Waals surface area (Å²) in [6.45, 7) is 2.77. The molecule has 0 saturated heterocycles.